The molecule has 0 bridgehead atoms. The zero-order valence-corrected chi connectivity index (χ0v) is 17.3. The smallest absolute Gasteiger partial charge is 0.255 e. The predicted molar refractivity (Wildman–Crippen MR) is 115 cm³/mol. The number of hydrogen-bond acceptors (Lipinski definition) is 4. The maximum absolute atomic E-state index is 12.7. The number of nitrogens with one attached hydrogen (secondary N) is 1. The summed E-state index contributed by atoms with van der Waals surface area (Å²) in [7, 11) is -3.48. The lowest BCUT2D eigenvalue weighted by Crippen LogP contribution is -2.35. The van der Waals surface area contributed by atoms with Crippen LogP contribution in [-0.2, 0) is 10.0 Å². The highest BCUT2D eigenvalue weighted by Crippen LogP contribution is 2.23. The fourth-order valence-corrected chi connectivity index (χ4v) is 5.48. The molecular formula is C22H27N3O3S. The molecule has 1 amide bonds. The quantitative estimate of drug-likeness (QED) is 0.811. The molecule has 0 aromatic heterocycles. The second-order valence-electron chi connectivity index (χ2n) is 7.68. The molecule has 2 saturated heterocycles. The summed E-state index contributed by atoms with van der Waals surface area (Å²) in [6, 6.07) is 14.0. The number of piperidine rings is 1. The van der Waals surface area contributed by atoms with Gasteiger partial charge in [-0.15, -0.1) is 0 Å². The van der Waals surface area contributed by atoms with Crippen molar-refractivity contribution in [3.8, 4) is 0 Å². The average molecular weight is 414 g/mol. The molecule has 0 spiro atoms. The van der Waals surface area contributed by atoms with Gasteiger partial charge in [0.15, 0.2) is 0 Å². The third-order valence-electron chi connectivity index (χ3n) is 5.67. The van der Waals surface area contributed by atoms with E-state index in [1.54, 1.807) is 12.1 Å². The molecule has 2 aromatic carbocycles. The number of nitrogens with zero attached hydrogens (tertiary/aromatic N) is 2. The molecule has 0 unspecified atom stereocenters. The number of amides is 1. The van der Waals surface area contributed by atoms with Gasteiger partial charge in [0.2, 0.25) is 10.0 Å². The van der Waals surface area contributed by atoms with Crippen LogP contribution in [0.2, 0.25) is 0 Å². The summed E-state index contributed by atoms with van der Waals surface area (Å²) in [4.78, 5) is 15.1. The van der Waals surface area contributed by atoms with Crippen LogP contribution in [-0.4, -0.2) is 44.8 Å². The number of hydrogen-bond donors (Lipinski definition) is 1. The van der Waals surface area contributed by atoms with Gasteiger partial charge in [-0.1, -0.05) is 6.42 Å². The molecule has 2 heterocycles. The number of carbonyl (C=O) groups is 1. The van der Waals surface area contributed by atoms with E-state index in [0.29, 0.717) is 18.7 Å². The zero-order chi connectivity index (χ0) is 20.3. The first-order valence-corrected chi connectivity index (χ1v) is 11.7. The highest BCUT2D eigenvalue weighted by atomic mass is 32.2. The van der Waals surface area contributed by atoms with Crippen molar-refractivity contribution in [2.24, 2.45) is 0 Å². The van der Waals surface area contributed by atoms with Crippen LogP contribution in [0.25, 0.3) is 0 Å². The van der Waals surface area contributed by atoms with Crippen LogP contribution in [0.5, 0.6) is 0 Å². The van der Waals surface area contributed by atoms with Crippen molar-refractivity contribution in [2.45, 2.75) is 37.0 Å². The van der Waals surface area contributed by atoms with Gasteiger partial charge in [-0.3, -0.25) is 4.79 Å². The zero-order valence-electron chi connectivity index (χ0n) is 16.5. The topological polar surface area (TPSA) is 69.7 Å². The molecule has 154 valence electrons. The first kappa shape index (κ1) is 19.9. The average Bonchev–Trinajstić information content (AvgIpc) is 3.30. The Morgan fingerprint density at radius 1 is 0.759 bits per heavy atom. The molecule has 0 atom stereocenters. The minimum absolute atomic E-state index is 0.242. The van der Waals surface area contributed by atoms with E-state index < -0.39 is 10.0 Å². The number of carbonyl (C=O) groups excluding carboxylic acids is 1. The fourth-order valence-electron chi connectivity index (χ4n) is 3.97. The van der Waals surface area contributed by atoms with Crippen molar-refractivity contribution in [1.82, 2.24) is 4.31 Å². The molecule has 6 nitrogen and oxygen atoms in total. The number of benzene rings is 2. The molecule has 29 heavy (non-hydrogen) atoms. The fraction of sp³-hybridized carbons (Fsp3) is 0.409. The SMILES string of the molecule is O=C(Nc1ccc(N2CCCC2)cc1)c1ccc(S(=O)(=O)N2CCCCC2)cc1. The second-order valence-corrected chi connectivity index (χ2v) is 9.62. The summed E-state index contributed by atoms with van der Waals surface area (Å²) in [5.74, 6) is -0.249. The van der Waals surface area contributed by atoms with Crippen LogP contribution >= 0.6 is 0 Å². The van der Waals surface area contributed by atoms with Gasteiger partial charge in [-0.05, 0) is 74.2 Å². The summed E-state index contributed by atoms with van der Waals surface area (Å²) in [5.41, 5.74) is 2.34. The van der Waals surface area contributed by atoms with Crippen molar-refractivity contribution < 1.29 is 13.2 Å². The first-order chi connectivity index (χ1) is 14.0. The molecule has 2 aliphatic rings. The monoisotopic (exact) mass is 413 g/mol. The van der Waals surface area contributed by atoms with Crippen LogP contribution in [0, 0.1) is 0 Å². The van der Waals surface area contributed by atoms with Crippen molar-refractivity contribution in [3.63, 3.8) is 0 Å². The van der Waals surface area contributed by atoms with E-state index in [1.807, 2.05) is 24.3 Å². The van der Waals surface area contributed by atoms with Gasteiger partial charge >= 0.3 is 0 Å². The van der Waals surface area contributed by atoms with Gasteiger partial charge in [0, 0.05) is 43.1 Å². The van der Waals surface area contributed by atoms with Gasteiger partial charge in [-0.2, -0.15) is 4.31 Å². The van der Waals surface area contributed by atoms with E-state index in [1.165, 1.54) is 35.0 Å². The summed E-state index contributed by atoms with van der Waals surface area (Å²) in [5, 5.41) is 2.88. The highest BCUT2D eigenvalue weighted by Gasteiger charge is 2.26. The molecule has 0 aliphatic carbocycles. The molecule has 0 radical (unpaired) electrons. The standard InChI is InChI=1S/C22H27N3O3S/c26-22(23-19-8-10-20(11-9-19)24-14-4-5-15-24)18-6-12-21(13-7-18)29(27,28)25-16-2-1-3-17-25/h6-13H,1-5,14-17H2,(H,23,26). The van der Waals surface area contributed by atoms with E-state index >= 15 is 0 Å². The molecule has 0 saturated carbocycles. The van der Waals surface area contributed by atoms with Gasteiger partial charge < -0.3 is 10.2 Å². The van der Waals surface area contributed by atoms with Gasteiger partial charge in [0.25, 0.3) is 5.91 Å². The summed E-state index contributed by atoms with van der Waals surface area (Å²) in [6.07, 6.45) is 5.32. The third-order valence-corrected chi connectivity index (χ3v) is 7.58. The van der Waals surface area contributed by atoms with E-state index in [2.05, 4.69) is 10.2 Å². The predicted octanol–water partition coefficient (Wildman–Crippen LogP) is 3.71. The Hall–Kier alpha value is -2.38. The van der Waals surface area contributed by atoms with Crippen molar-refractivity contribution in [2.75, 3.05) is 36.4 Å². The molecule has 4 rings (SSSR count). The van der Waals surface area contributed by atoms with Crippen molar-refractivity contribution in [1.29, 1.82) is 0 Å². The maximum atomic E-state index is 12.7. The number of rotatable bonds is 5. The Bertz CT molecular complexity index is 944. The summed E-state index contributed by atoms with van der Waals surface area (Å²) < 4.78 is 27.0. The normalized spacial score (nSPS) is 18.0. The molecule has 2 aromatic rings. The van der Waals surface area contributed by atoms with Gasteiger partial charge in [-0.25, -0.2) is 8.42 Å². The highest BCUT2D eigenvalue weighted by molar-refractivity contribution is 7.89. The van der Waals surface area contributed by atoms with Crippen LogP contribution in [0.1, 0.15) is 42.5 Å². The van der Waals surface area contributed by atoms with Crippen LogP contribution in [0.15, 0.2) is 53.4 Å². The first-order valence-electron chi connectivity index (χ1n) is 10.3. The van der Waals surface area contributed by atoms with E-state index in [9.17, 15) is 13.2 Å². The van der Waals surface area contributed by atoms with Crippen LogP contribution < -0.4 is 10.2 Å². The molecular weight excluding hydrogens is 386 g/mol. The molecule has 7 heteroatoms. The Kier molecular flexibility index (Phi) is 5.87. The summed E-state index contributed by atoms with van der Waals surface area (Å²) >= 11 is 0. The van der Waals surface area contributed by atoms with Crippen molar-refractivity contribution in [3.05, 3.63) is 54.1 Å². The lowest BCUT2D eigenvalue weighted by atomic mass is 10.2. The minimum atomic E-state index is -3.48. The lowest BCUT2D eigenvalue weighted by Gasteiger charge is -2.25. The molecule has 2 aliphatic heterocycles. The maximum Gasteiger partial charge on any atom is 0.255 e. The van der Waals surface area contributed by atoms with Crippen LogP contribution in [0.4, 0.5) is 11.4 Å². The molecule has 1 N–H and O–H groups in total. The second kappa shape index (κ2) is 8.55. The Morgan fingerprint density at radius 2 is 1.34 bits per heavy atom. The summed E-state index contributed by atoms with van der Waals surface area (Å²) in [6.45, 7) is 3.30. The van der Waals surface area contributed by atoms with E-state index in [0.717, 1.165) is 38.0 Å². The Morgan fingerprint density at radius 3 is 1.97 bits per heavy atom. The number of anilines is 2. The Labute approximate surface area is 172 Å². The van der Waals surface area contributed by atoms with E-state index in [-0.39, 0.29) is 10.8 Å². The van der Waals surface area contributed by atoms with Crippen molar-refractivity contribution >= 4 is 27.3 Å². The Balaban J connectivity index is 1.41. The largest absolute Gasteiger partial charge is 0.372 e. The number of sulfonamides is 1. The van der Waals surface area contributed by atoms with Crippen LogP contribution in [0.3, 0.4) is 0 Å². The lowest BCUT2D eigenvalue weighted by molar-refractivity contribution is 0.102. The van der Waals surface area contributed by atoms with Gasteiger partial charge in [0.05, 0.1) is 4.90 Å². The third kappa shape index (κ3) is 4.46. The van der Waals surface area contributed by atoms with E-state index in [4.69, 9.17) is 0 Å². The minimum Gasteiger partial charge on any atom is -0.372 e. The van der Waals surface area contributed by atoms with Gasteiger partial charge in [0.1, 0.15) is 0 Å². The molecule has 2 fully saturated rings.